The first kappa shape index (κ1) is 21.2. The van der Waals surface area contributed by atoms with E-state index < -0.39 is 5.97 Å². The molecule has 1 heterocycles. The molecule has 1 saturated heterocycles. The molecule has 2 amide bonds. The van der Waals surface area contributed by atoms with Crippen LogP contribution in [0.15, 0.2) is 30.3 Å². The van der Waals surface area contributed by atoms with E-state index in [1.54, 1.807) is 4.90 Å². The lowest BCUT2D eigenvalue weighted by Gasteiger charge is -2.51. The molecule has 4 rings (SSSR count). The minimum absolute atomic E-state index is 0.00776. The maximum atomic E-state index is 13.3. The van der Waals surface area contributed by atoms with Crippen LogP contribution in [0.2, 0.25) is 0 Å². The van der Waals surface area contributed by atoms with Crippen LogP contribution in [-0.2, 0) is 10.3 Å². The van der Waals surface area contributed by atoms with E-state index in [9.17, 15) is 9.59 Å². The summed E-state index contributed by atoms with van der Waals surface area (Å²) in [6.45, 7) is 1.82. The summed E-state index contributed by atoms with van der Waals surface area (Å²) in [4.78, 5) is 30.7. The Bertz CT molecular complexity index is 767. The van der Waals surface area contributed by atoms with Crippen LogP contribution in [0.4, 0.5) is 4.79 Å². The molecule has 0 unspecified atom stereocenters. The second-order valence-corrected chi connectivity index (χ2v) is 9.77. The number of hydrogen-bond donors (Lipinski definition) is 1. The Morgan fingerprint density at radius 2 is 1.80 bits per heavy atom. The summed E-state index contributed by atoms with van der Waals surface area (Å²) >= 11 is 0. The van der Waals surface area contributed by atoms with Gasteiger partial charge in [-0.2, -0.15) is 0 Å². The summed E-state index contributed by atoms with van der Waals surface area (Å²) in [6.07, 6.45) is 7.63. The summed E-state index contributed by atoms with van der Waals surface area (Å²) < 4.78 is 0. The average molecular weight is 414 g/mol. The summed E-state index contributed by atoms with van der Waals surface area (Å²) in [5, 5.41) is 9.12. The molecule has 1 spiro atoms. The number of carboxylic acids is 1. The zero-order valence-corrected chi connectivity index (χ0v) is 18.3. The topological polar surface area (TPSA) is 64.1 Å². The standard InChI is InChI=1S/C24H35N3O3/c1-25(2)24(20-9-4-3-5-10-20)14-12-23(13-15-24)18-26(16-11-21(28)29)22(30)27(23)17-19-7-6-8-19/h3-5,9-10,19H,6-8,11-18H2,1-2H3,(H,28,29)/t23-,24+. The van der Waals surface area contributed by atoms with E-state index in [0.29, 0.717) is 19.0 Å². The highest BCUT2D eigenvalue weighted by Gasteiger charge is 2.54. The molecule has 1 aromatic carbocycles. The van der Waals surface area contributed by atoms with Gasteiger partial charge in [0.05, 0.1) is 12.0 Å². The third-order valence-electron chi connectivity index (χ3n) is 8.00. The van der Waals surface area contributed by atoms with E-state index in [2.05, 4.69) is 54.2 Å². The van der Waals surface area contributed by atoms with E-state index in [-0.39, 0.29) is 23.5 Å². The summed E-state index contributed by atoms with van der Waals surface area (Å²) in [7, 11) is 4.33. The van der Waals surface area contributed by atoms with E-state index in [0.717, 1.165) is 32.2 Å². The molecule has 0 radical (unpaired) electrons. The largest absolute Gasteiger partial charge is 0.481 e. The fourth-order valence-electron chi connectivity index (χ4n) is 5.79. The van der Waals surface area contributed by atoms with Crippen LogP contribution in [0.5, 0.6) is 0 Å². The molecule has 2 saturated carbocycles. The maximum Gasteiger partial charge on any atom is 0.320 e. The Balaban J connectivity index is 1.56. The Kier molecular flexibility index (Phi) is 5.80. The number of carboxylic acid groups (broad SMARTS) is 1. The van der Waals surface area contributed by atoms with Crippen molar-refractivity contribution in [1.82, 2.24) is 14.7 Å². The first-order valence-electron chi connectivity index (χ1n) is 11.4. The van der Waals surface area contributed by atoms with Crippen molar-refractivity contribution in [3.63, 3.8) is 0 Å². The highest BCUT2D eigenvalue weighted by molar-refractivity contribution is 5.79. The molecule has 164 valence electrons. The number of nitrogens with zero attached hydrogens (tertiary/aromatic N) is 3. The first-order valence-corrected chi connectivity index (χ1v) is 11.4. The van der Waals surface area contributed by atoms with Crippen molar-refractivity contribution in [2.24, 2.45) is 5.92 Å². The number of hydrogen-bond acceptors (Lipinski definition) is 3. The van der Waals surface area contributed by atoms with E-state index in [1.165, 1.54) is 24.8 Å². The summed E-state index contributed by atoms with van der Waals surface area (Å²) in [6, 6.07) is 10.8. The van der Waals surface area contributed by atoms with E-state index in [1.807, 2.05) is 0 Å². The molecule has 1 aromatic rings. The van der Waals surface area contributed by atoms with Gasteiger partial charge in [0.15, 0.2) is 0 Å². The maximum absolute atomic E-state index is 13.3. The van der Waals surface area contributed by atoms with Crippen molar-refractivity contribution in [3.8, 4) is 0 Å². The van der Waals surface area contributed by atoms with Crippen LogP contribution in [-0.4, -0.2) is 71.1 Å². The van der Waals surface area contributed by atoms with Crippen molar-refractivity contribution in [1.29, 1.82) is 0 Å². The second kappa shape index (κ2) is 8.22. The van der Waals surface area contributed by atoms with Crippen molar-refractivity contribution in [2.45, 2.75) is 62.4 Å². The zero-order valence-electron chi connectivity index (χ0n) is 18.3. The molecule has 2 aliphatic carbocycles. The third kappa shape index (κ3) is 3.70. The van der Waals surface area contributed by atoms with Crippen molar-refractivity contribution in [2.75, 3.05) is 33.7 Å². The van der Waals surface area contributed by atoms with Gasteiger partial charge in [0.2, 0.25) is 0 Å². The van der Waals surface area contributed by atoms with Crippen LogP contribution >= 0.6 is 0 Å². The fraction of sp³-hybridized carbons (Fsp3) is 0.667. The molecule has 6 nitrogen and oxygen atoms in total. The van der Waals surface area contributed by atoms with Crippen LogP contribution in [0.1, 0.15) is 56.9 Å². The number of aliphatic carboxylic acids is 1. The van der Waals surface area contributed by atoms with Crippen LogP contribution in [0.3, 0.4) is 0 Å². The van der Waals surface area contributed by atoms with Gasteiger partial charge < -0.3 is 14.9 Å². The Hall–Kier alpha value is -2.08. The van der Waals surface area contributed by atoms with Gasteiger partial charge >= 0.3 is 12.0 Å². The van der Waals surface area contributed by atoms with Crippen LogP contribution < -0.4 is 0 Å². The smallest absolute Gasteiger partial charge is 0.320 e. The van der Waals surface area contributed by atoms with Gasteiger partial charge in [0.1, 0.15) is 0 Å². The number of benzene rings is 1. The number of carbonyl (C=O) groups excluding carboxylic acids is 1. The number of rotatable bonds is 7. The lowest BCUT2D eigenvalue weighted by Crippen LogP contribution is -2.56. The average Bonchev–Trinajstić information content (AvgIpc) is 2.95. The first-order chi connectivity index (χ1) is 14.4. The lowest BCUT2D eigenvalue weighted by molar-refractivity contribution is -0.137. The second-order valence-electron chi connectivity index (χ2n) is 9.77. The van der Waals surface area contributed by atoms with E-state index >= 15 is 0 Å². The molecule has 3 aliphatic rings. The fourth-order valence-corrected chi connectivity index (χ4v) is 5.79. The van der Waals surface area contributed by atoms with Gasteiger partial charge in [0, 0.05) is 25.2 Å². The van der Waals surface area contributed by atoms with Crippen molar-refractivity contribution < 1.29 is 14.7 Å². The Morgan fingerprint density at radius 1 is 1.13 bits per heavy atom. The predicted octanol–water partition coefficient (Wildman–Crippen LogP) is 3.77. The van der Waals surface area contributed by atoms with Gasteiger partial charge in [-0.3, -0.25) is 9.69 Å². The van der Waals surface area contributed by atoms with Gasteiger partial charge in [-0.1, -0.05) is 36.8 Å². The Morgan fingerprint density at radius 3 is 2.33 bits per heavy atom. The molecule has 1 N–H and O–H groups in total. The molecule has 0 bridgehead atoms. The van der Waals surface area contributed by atoms with Gasteiger partial charge in [-0.25, -0.2) is 4.79 Å². The number of urea groups is 1. The molecular weight excluding hydrogens is 378 g/mol. The van der Waals surface area contributed by atoms with Gasteiger partial charge in [0.25, 0.3) is 0 Å². The quantitative estimate of drug-likeness (QED) is 0.739. The van der Waals surface area contributed by atoms with Crippen molar-refractivity contribution >= 4 is 12.0 Å². The van der Waals surface area contributed by atoms with E-state index in [4.69, 9.17) is 5.11 Å². The number of amides is 2. The summed E-state index contributed by atoms with van der Waals surface area (Å²) in [5.41, 5.74) is 1.19. The molecule has 0 atom stereocenters. The summed E-state index contributed by atoms with van der Waals surface area (Å²) in [5.74, 6) is -0.228. The molecular formula is C24H35N3O3. The van der Waals surface area contributed by atoms with Gasteiger partial charge in [-0.05, 0) is 64.1 Å². The van der Waals surface area contributed by atoms with Crippen LogP contribution in [0.25, 0.3) is 0 Å². The molecule has 1 aliphatic heterocycles. The predicted molar refractivity (Wildman–Crippen MR) is 116 cm³/mol. The Labute approximate surface area is 179 Å². The molecule has 30 heavy (non-hydrogen) atoms. The highest BCUT2D eigenvalue weighted by Crippen LogP contribution is 2.49. The normalized spacial score (nSPS) is 29.6. The molecule has 3 fully saturated rings. The number of carbonyl (C=O) groups is 2. The van der Waals surface area contributed by atoms with Crippen molar-refractivity contribution in [3.05, 3.63) is 35.9 Å². The van der Waals surface area contributed by atoms with Crippen LogP contribution in [0, 0.1) is 5.92 Å². The minimum atomic E-state index is -0.839. The molecule has 0 aromatic heterocycles. The molecule has 6 heteroatoms. The highest BCUT2D eigenvalue weighted by atomic mass is 16.4. The zero-order chi connectivity index (χ0) is 21.4. The third-order valence-corrected chi connectivity index (χ3v) is 8.00. The van der Waals surface area contributed by atoms with Gasteiger partial charge in [-0.15, -0.1) is 0 Å². The lowest BCUT2D eigenvalue weighted by atomic mass is 9.68. The minimum Gasteiger partial charge on any atom is -0.481 e. The SMILES string of the molecule is CN(C)[C@]1(c2ccccc2)CC[C@]2(CC1)CN(CCC(=O)O)C(=O)N2CC1CCC1. The monoisotopic (exact) mass is 413 g/mol.